The van der Waals surface area contributed by atoms with E-state index in [4.69, 9.17) is 11.6 Å². The minimum Gasteiger partial charge on any atom is -0.336 e. The van der Waals surface area contributed by atoms with Crippen LogP contribution in [-0.2, 0) is 0 Å². The number of carbonyl (C=O) groups excluding carboxylic acids is 1. The van der Waals surface area contributed by atoms with Crippen molar-refractivity contribution in [1.29, 1.82) is 0 Å². The van der Waals surface area contributed by atoms with Gasteiger partial charge in [0.2, 0.25) is 0 Å². The highest BCUT2D eigenvalue weighted by molar-refractivity contribution is 7.17. The summed E-state index contributed by atoms with van der Waals surface area (Å²) in [5, 5.41) is 0.610. The van der Waals surface area contributed by atoms with E-state index in [2.05, 4.69) is 4.98 Å². The molecule has 0 N–H and O–H groups in total. The molecule has 1 saturated heterocycles. The molecule has 1 atom stereocenters. The molecule has 4 rings (SSSR count). The van der Waals surface area contributed by atoms with Crippen LogP contribution in [0.15, 0.2) is 47.5 Å². The van der Waals surface area contributed by atoms with Crippen LogP contribution in [0.2, 0.25) is 4.34 Å². The normalized spacial score (nSPS) is 17.8. The Labute approximate surface area is 153 Å². The minimum absolute atomic E-state index is 0.0246. The fourth-order valence-corrected chi connectivity index (χ4v) is 4.31. The summed E-state index contributed by atoms with van der Waals surface area (Å²) < 4.78 is 2.27. The Bertz CT molecular complexity index is 997. The highest BCUT2D eigenvalue weighted by atomic mass is 35.5. The lowest BCUT2D eigenvalue weighted by atomic mass is 10.0. The number of para-hydroxylation sites is 1. The van der Waals surface area contributed by atoms with Crippen molar-refractivity contribution < 1.29 is 4.79 Å². The van der Waals surface area contributed by atoms with Crippen LogP contribution in [0.3, 0.4) is 0 Å². The van der Waals surface area contributed by atoms with Crippen molar-refractivity contribution in [2.24, 2.45) is 0 Å². The summed E-state index contributed by atoms with van der Waals surface area (Å²) in [5.41, 5.74) is 0.643. The molecule has 3 aromatic rings. The number of thiophene rings is 1. The van der Waals surface area contributed by atoms with Gasteiger partial charge in [-0.1, -0.05) is 23.7 Å². The Morgan fingerprint density at radius 3 is 2.88 bits per heavy atom. The van der Waals surface area contributed by atoms with Crippen LogP contribution >= 0.6 is 22.9 Å². The van der Waals surface area contributed by atoms with Gasteiger partial charge in [0.1, 0.15) is 0 Å². The summed E-state index contributed by atoms with van der Waals surface area (Å²) in [5.74, 6) is -0.0246. The zero-order valence-corrected chi connectivity index (χ0v) is 15.0. The largest absolute Gasteiger partial charge is 0.336 e. The third kappa shape index (κ3) is 3.07. The Balaban J connectivity index is 1.62. The standard InChI is InChI=1S/C18H16ClN3O2S/c19-16-8-7-15(25-16)18(24)21-9-3-4-12(10-21)22-11-20-14-6-2-1-5-13(14)17(22)23/h1-2,5-8,11-12H,3-4,9-10H2/t12-/m0/s1. The minimum atomic E-state index is -0.0576. The van der Waals surface area contributed by atoms with Crippen LogP contribution in [0, 0.1) is 0 Å². The maximum Gasteiger partial charge on any atom is 0.264 e. The summed E-state index contributed by atoms with van der Waals surface area (Å²) in [7, 11) is 0. The first kappa shape index (κ1) is 16.3. The number of amides is 1. The predicted molar refractivity (Wildman–Crippen MR) is 99.5 cm³/mol. The number of rotatable bonds is 2. The number of halogens is 1. The van der Waals surface area contributed by atoms with Gasteiger partial charge < -0.3 is 4.90 Å². The van der Waals surface area contributed by atoms with E-state index in [0.29, 0.717) is 33.2 Å². The van der Waals surface area contributed by atoms with Crippen LogP contribution in [0.4, 0.5) is 0 Å². The van der Waals surface area contributed by atoms with Gasteiger partial charge in [0, 0.05) is 13.1 Å². The number of piperidine rings is 1. The Hall–Kier alpha value is -2.18. The highest BCUT2D eigenvalue weighted by Gasteiger charge is 2.27. The molecule has 0 radical (unpaired) electrons. The molecule has 1 aliphatic heterocycles. The molecule has 25 heavy (non-hydrogen) atoms. The van der Waals surface area contributed by atoms with Gasteiger partial charge in [0.15, 0.2) is 0 Å². The predicted octanol–water partition coefficient (Wildman–Crippen LogP) is 3.59. The van der Waals surface area contributed by atoms with E-state index in [1.807, 2.05) is 18.2 Å². The second kappa shape index (κ2) is 6.61. The maximum atomic E-state index is 12.8. The second-order valence-corrected chi connectivity index (χ2v) is 7.84. The van der Waals surface area contributed by atoms with Crippen molar-refractivity contribution in [3.8, 4) is 0 Å². The Morgan fingerprint density at radius 2 is 2.08 bits per heavy atom. The monoisotopic (exact) mass is 373 g/mol. The molecule has 1 aromatic carbocycles. The molecule has 0 saturated carbocycles. The van der Waals surface area contributed by atoms with Crippen molar-refractivity contribution in [3.63, 3.8) is 0 Å². The zero-order chi connectivity index (χ0) is 17.4. The molecule has 1 aliphatic rings. The van der Waals surface area contributed by atoms with Gasteiger partial charge in [-0.2, -0.15) is 0 Å². The van der Waals surface area contributed by atoms with Gasteiger partial charge in [-0.15, -0.1) is 11.3 Å². The third-order valence-corrected chi connectivity index (χ3v) is 5.77. The molecule has 1 fully saturated rings. The molecule has 7 heteroatoms. The fraction of sp³-hybridized carbons (Fsp3) is 0.278. The van der Waals surface area contributed by atoms with Gasteiger partial charge in [0.05, 0.1) is 32.5 Å². The van der Waals surface area contributed by atoms with Gasteiger partial charge >= 0.3 is 0 Å². The lowest BCUT2D eigenvalue weighted by molar-refractivity contribution is 0.0682. The quantitative estimate of drug-likeness (QED) is 0.689. The number of hydrogen-bond donors (Lipinski definition) is 0. The zero-order valence-electron chi connectivity index (χ0n) is 13.4. The highest BCUT2D eigenvalue weighted by Crippen LogP contribution is 2.26. The molecule has 3 heterocycles. The van der Waals surface area contributed by atoms with Crippen LogP contribution in [0.1, 0.15) is 28.6 Å². The van der Waals surface area contributed by atoms with Crippen LogP contribution in [0.25, 0.3) is 10.9 Å². The number of benzene rings is 1. The summed E-state index contributed by atoms with van der Waals surface area (Å²) in [6.07, 6.45) is 3.31. The van der Waals surface area contributed by atoms with E-state index >= 15 is 0 Å². The third-order valence-electron chi connectivity index (χ3n) is 4.55. The maximum absolute atomic E-state index is 12.8. The molecule has 5 nitrogen and oxygen atoms in total. The first-order chi connectivity index (χ1) is 12.1. The molecular formula is C18H16ClN3O2S. The van der Waals surface area contributed by atoms with E-state index < -0.39 is 0 Å². The van der Waals surface area contributed by atoms with E-state index in [-0.39, 0.29) is 17.5 Å². The van der Waals surface area contributed by atoms with Crippen molar-refractivity contribution in [3.05, 3.63) is 62.3 Å². The molecule has 0 bridgehead atoms. The molecule has 1 amide bonds. The van der Waals surface area contributed by atoms with Crippen LogP contribution in [0.5, 0.6) is 0 Å². The second-order valence-electron chi connectivity index (χ2n) is 6.13. The fourth-order valence-electron chi connectivity index (χ4n) is 3.29. The molecule has 0 unspecified atom stereocenters. The SMILES string of the molecule is O=C(c1ccc(Cl)s1)N1CCC[C@H](n2cnc3ccccc3c2=O)C1. The number of nitrogens with zero attached hydrogens (tertiary/aromatic N) is 3. The number of fused-ring (bicyclic) bond motifs is 1. The number of aromatic nitrogens is 2. The number of hydrogen-bond acceptors (Lipinski definition) is 4. The average Bonchev–Trinajstić information content (AvgIpc) is 3.08. The van der Waals surface area contributed by atoms with Crippen molar-refractivity contribution in [2.75, 3.05) is 13.1 Å². The summed E-state index contributed by atoms with van der Waals surface area (Å²) in [6, 6.07) is 10.8. The number of likely N-dealkylation sites (tertiary alicyclic amines) is 1. The van der Waals surface area contributed by atoms with E-state index in [0.717, 1.165) is 12.8 Å². The summed E-state index contributed by atoms with van der Waals surface area (Å²) in [4.78, 5) is 32.3. The molecule has 2 aromatic heterocycles. The molecule has 0 aliphatic carbocycles. The molecule has 0 spiro atoms. The van der Waals surface area contributed by atoms with Gasteiger partial charge in [-0.25, -0.2) is 4.98 Å². The molecule has 128 valence electrons. The lowest BCUT2D eigenvalue weighted by Gasteiger charge is -2.33. The molecular weight excluding hydrogens is 358 g/mol. The lowest BCUT2D eigenvalue weighted by Crippen LogP contribution is -2.42. The topological polar surface area (TPSA) is 55.2 Å². The van der Waals surface area contributed by atoms with Crippen molar-refractivity contribution in [1.82, 2.24) is 14.5 Å². The van der Waals surface area contributed by atoms with Crippen molar-refractivity contribution >= 4 is 39.7 Å². The Kier molecular flexibility index (Phi) is 4.31. The summed E-state index contributed by atoms with van der Waals surface area (Å²) >= 11 is 7.22. The van der Waals surface area contributed by atoms with Gasteiger partial charge in [-0.05, 0) is 37.1 Å². The summed E-state index contributed by atoms with van der Waals surface area (Å²) in [6.45, 7) is 1.20. The van der Waals surface area contributed by atoms with E-state index in [9.17, 15) is 9.59 Å². The smallest absolute Gasteiger partial charge is 0.264 e. The van der Waals surface area contributed by atoms with Crippen molar-refractivity contribution in [2.45, 2.75) is 18.9 Å². The van der Waals surface area contributed by atoms with E-state index in [1.165, 1.54) is 11.3 Å². The first-order valence-corrected chi connectivity index (χ1v) is 9.33. The van der Waals surface area contributed by atoms with Crippen LogP contribution in [-0.4, -0.2) is 33.4 Å². The van der Waals surface area contributed by atoms with Gasteiger partial charge in [0.25, 0.3) is 11.5 Å². The average molecular weight is 374 g/mol. The number of carbonyl (C=O) groups is 1. The van der Waals surface area contributed by atoms with E-state index in [1.54, 1.807) is 34.0 Å². The Morgan fingerprint density at radius 1 is 1.24 bits per heavy atom. The van der Waals surface area contributed by atoms with Gasteiger partial charge in [-0.3, -0.25) is 14.2 Å². The van der Waals surface area contributed by atoms with Crippen LogP contribution < -0.4 is 5.56 Å². The first-order valence-electron chi connectivity index (χ1n) is 8.14.